The topological polar surface area (TPSA) is 20.2 Å². The molecule has 1 N–H and O–H groups in total. The summed E-state index contributed by atoms with van der Waals surface area (Å²) in [5.41, 5.74) is 2.73. The van der Waals surface area contributed by atoms with E-state index in [1.165, 1.54) is 18.2 Å². The molecule has 0 unspecified atom stereocenters. The van der Waals surface area contributed by atoms with Gasteiger partial charge in [0.15, 0.2) is 0 Å². The van der Waals surface area contributed by atoms with Crippen LogP contribution in [0.4, 0.5) is 8.78 Å². The fourth-order valence-corrected chi connectivity index (χ4v) is 1.83. The number of hydrogen-bond donors (Lipinski definition) is 1. The second-order valence-corrected chi connectivity index (χ2v) is 4.04. The smallest absolute Gasteiger partial charge is 0.126 e. The number of phenolic OH excluding ortho intramolecular Hbond substituents is 1. The van der Waals surface area contributed by atoms with Gasteiger partial charge in [-0.25, -0.2) is 8.78 Å². The van der Waals surface area contributed by atoms with Gasteiger partial charge < -0.3 is 5.11 Å². The molecule has 0 bridgehead atoms. The van der Waals surface area contributed by atoms with Crippen LogP contribution in [0.5, 0.6) is 5.75 Å². The minimum atomic E-state index is -0.606. The van der Waals surface area contributed by atoms with Crippen molar-refractivity contribution in [1.29, 1.82) is 0 Å². The lowest BCUT2D eigenvalue weighted by molar-refractivity contribution is 0.470. The molecule has 0 atom stereocenters. The third kappa shape index (κ3) is 2.13. The van der Waals surface area contributed by atoms with Crippen LogP contribution in [0.1, 0.15) is 11.1 Å². The van der Waals surface area contributed by atoms with Gasteiger partial charge in [0, 0.05) is 6.07 Å². The first-order chi connectivity index (χ1) is 7.99. The Balaban J connectivity index is 2.64. The van der Waals surface area contributed by atoms with Crippen molar-refractivity contribution < 1.29 is 13.9 Å². The van der Waals surface area contributed by atoms with Gasteiger partial charge >= 0.3 is 0 Å². The van der Waals surface area contributed by atoms with Crippen molar-refractivity contribution in [3.05, 3.63) is 53.1 Å². The summed E-state index contributed by atoms with van der Waals surface area (Å²) in [4.78, 5) is 0. The highest BCUT2D eigenvalue weighted by atomic mass is 19.1. The van der Waals surface area contributed by atoms with Crippen molar-refractivity contribution in [1.82, 2.24) is 0 Å². The second kappa shape index (κ2) is 4.17. The quantitative estimate of drug-likeness (QED) is 0.792. The van der Waals surface area contributed by atoms with Gasteiger partial charge in [-0.2, -0.15) is 0 Å². The van der Waals surface area contributed by atoms with Gasteiger partial charge in [-0.1, -0.05) is 6.07 Å². The number of rotatable bonds is 1. The van der Waals surface area contributed by atoms with E-state index in [4.69, 9.17) is 0 Å². The van der Waals surface area contributed by atoms with Crippen LogP contribution in [-0.2, 0) is 0 Å². The van der Waals surface area contributed by atoms with Crippen molar-refractivity contribution in [2.45, 2.75) is 13.8 Å². The average Bonchev–Trinajstić information content (AvgIpc) is 2.24. The molecule has 17 heavy (non-hydrogen) atoms. The zero-order valence-electron chi connectivity index (χ0n) is 9.59. The van der Waals surface area contributed by atoms with E-state index in [0.29, 0.717) is 11.1 Å². The van der Waals surface area contributed by atoms with Gasteiger partial charge in [-0.15, -0.1) is 0 Å². The molecule has 0 amide bonds. The SMILES string of the molecule is Cc1c(O)ccc(-c2cc(F)cc(F)c2)c1C. The lowest BCUT2D eigenvalue weighted by Crippen LogP contribution is -1.90. The standard InChI is InChI=1S/C14H12F2O/c1-8-9(2)14(17)4-3-13(8)10-5-11(15)7-12(16)6-10/h3-7,17H,1-2H3. The molecule has 1 nitrogen and oxygen atoms in total. The first-order valence-corrected chi connectivity index (χ1v) is 5.24. The van der Waals surface area contributed by atoms with Gasteiger partial charge in [0.1, 0.15) is 17.4 Å². The Morgan fingerprint density at radius 2 is 1.47 bits per heavy atom. The third-order valence-corrected chi connectivity index (χ3v) is 2.93. The van der Waals surface area contributed by atoms with Crippen LogP contribution in [0.15, 0.2) is 30.3 Å². The molecule has 0 aliphatic heterocycles. The number of benzene rings is 2. The Hall–Kier alpha value is -1.90. The maximum absolute atomic E-state index is 13.1. The first kappa shape index (κ1) is 11.6. The molecule has 2 rings (SSSR count). The summed E-state index contributed by atoms with van der Waals surface area (Å²) in [6.45, 7) is 3.58. The van der Waals surface area contributed by atoms with Crippen molar-refractivity contribution in [2.24, 2.45) is 0 Å². The second-order valence-electron chi connectivity index (χ2n) is 4.04. The monoisotopic (exact) mass is 234 g/mol. The molecule has 0 aliphatic carbocycles. The van der Waals surface area contributed by atoms with E-state index in [1.54, 1.807) is 13.0 Å². The molecule has 3 heteroatoms. The van der Waals surface area contributed by atoms with Gasteiger partial charge in [0.05, 0.1) is 0 Å². The van der Waals surface area contributed by atoms with Crippen LogP contribution in [0.2, 0.25) is 0 Å². The summed E-state index contributed by atoms with van der Waals surface area (Å²) in [7, 11) is 0. The Labute approximate surface area is 98.3 Å². The summed E-state index contributed by atoms with van der Waals surface area (Å²) in [6, 6.07) is 6.59. The van der Waals surface area contributed by atoms with E-state index in [2.05, 4.69) is 0 Å². The van der Waals surface area contributed by atoms with Gasteiger partial charge in [0.25, 0.3) is 0 Å². The molecule has 0 spiro atoms. The number of halogens is 2. The summed E-state index contributed by atoms with van der Waals surface area (Å²) in [5.74, 6) is -1.03. The molecule has 88 valence electrons. The summed E-state index contributed by atoms with van der Waals surface area (Å²) in [5, 5.41) is 9.53. The van der Waals surface area contributed by atoms with Gasteiger partial charge in [-0.05, 0) is 54.3 Å². The van der Waals surface area contributed by atoms with Crippen molar-refractivity contribution >= 4 is 0 Å². The molecule has 2 aromatic rings. The molecular formula is C14H12F2O. The van der Waals surface area contributed by atoms with Crippen molar-refractivity contribution in [3.8, 4) is 16.9 Å². The molecule has 0 saturated carbocycles. The van der Waals surface area contributed by atoms with E-state index in [-0.39, 0.29) is 5.75 Å². The Morgan fingerprint density at radius 1 is 0.882 bits per heavy atom. The van der Waals surface area contributed by atoms with Crippen molar-refractivity contribution in [2.75, 3.05) is 0 Å². The molecule has 0 saturated heterocycles. The number of phenols is 1. The van der Waals surface area contributed by atoms with Crippen LogP contribution in [-0.4, -0.2) is 5.11 Å². The van der Waals surface area contributed by atoms with E-state index < -0.39 is 11.6 Å². The number of hydrogen-bond acceptors (Lipinski definition) is 1. The van der Waals surface area contributed by atoms with E-state index in [9.17, 15) is 13.9 Å². The molecule has 0 aliphatic rings. The predicted molar refractivity (Wildman–Crippen MR) is 62.9 cm³/mol. The first-order valence-electron chi connectivity index (χ1n) is 5.24. The third-order valence-electron chi connectivity index (χ3n) is 2.93. The normalized spacial score (nSPS) is 10.6. The summed E-state index contributed by atoms with van der Waals surface area (Å²) >= 11 is 0. The lowest BCUT2D eigenvalue weighted by atomic mass is 9.96. The van der Waals surface area contributed by atoms with E-state index >= 15 is 0 Å². The van der Waals surface area contributed by atoms with E-state index in [0.717, 1.165) is 17.2 Å². The molecule has 0 aromatic heterocycles. The van der Waals surface area contributed by atoms with Crippen LogP contribution in [0.25, 0.3) is 11.1 Å². The van der Waals surface area contributed by atoms with Crippen molar-refractivity contribution in [3.63, 3.8) is 0 Å². The molecule has 2 aromatic carbocycles. The maximum Gasteiger partial charge on any atom is 0.126 e. The van der Waals surface area contributed by atoms with Gasteiger partial charge in [-0.3, -0.25) is 0 Å². The summed E-state index contributed by atoms with van der Waals surface area (Å²) < 4.78 is 26.3. The van der Waals surface area contributed by atoms with Crippen LogP contribution in [0, 0.1) is 25.5 Å². The Bertz CT molecular complexity index is 556. The maximum atomic E-state index is 13.1. The Morgan fingerprint density at radius 3 is 2.06 bits per heavy atom. The highest BCUT2D eigenvalue weighted by Crippen LogP contribution is 2.31. The zero-order valence-corrected chi connectivity index (χ0v) is 9.59. The van der Waals surface area contributed by atoms with Gasteiger partial charge in [0.2, 0.25) is 0 Å². The average molecular weight is 234 g/mol. The fraction of sp³-hybridized carbons (Fsp3) is 0.143. The Kier molecular flexibility index (Phi) is 2.84. The lowest BCUT2D eigenvalue weighted by Gasteiger charge is -2.10. The van der Waals surface area contributed by atoms with Crippen LogP contribution in [0.3, 0.4) is 0 Å². The van der Waals surface area contributed by atoms with Crippen LogP contribution >= 0.6 is 0 Å². The summed E-state index contributed by atoms with van der Waals surface area (Å²) in [6.07, 6.45) is 0. The molecule has 0 fully saturated rings. The molecular weight excluding hydrogens is 222 g/mol. The zero-order chi connectivity index (χ0) is 12.6. The highest BCUT2D eigenvalue weighted by molar-refractivity contribution is 5.70. The number of aromatic hydroxyl groups is 1. The fourth-order valence-electron chi connectivity index (χ4n) is 1.83. The minimum absolute atomic E-state index is 0.183. The van der Waals surface area contributed by atoms with E-state index in [1.807, 2.05) is 6.92 Å². The predicted octanol–water partition coefficient (Wildman–Crippen LogP) is 3.95. The minimum Gasteiger partial charge on any atom is -0.508 e. The van der Waals surface area contributed by atoms with Crippen LogP contribution < -0.4 is 0 Å². The molecule has 0 heterocycles. The highest BCUT2D eigenvalue weighted by Gasteiger charge is 2.09. The largest absolute Gasteiger partial charge is 0.508 e. The molecule has 0 radical (unpaired) electrons.